The van der Waals surface area contributed by atoms with Crippen molar-refractivity contribution < 1.29 is 13.9 Å². The summed E-state index contributed by atoms with van der Waals surface area (Å²) in [5.74, 6) is 0.480. The van der Waals surface area contributed by atoms with Crippen molar-refractivity contribution in [3.63, 3.8) is 0 Å². The normalized spacial score (nSPS) is 20.2. The van der Waals surface area contributed by atoms with Crippen LogP contribution in [0.25, 0.3) is 11.2 Å². The van der Waals surface area contributed by atoms with Gasteiger partial charge in [0.05, 0.1) is 11.7 Å². The number of aromatic nitrogens is 3. The van der Waals surface area contributed by atoms with Gasteiger partial charge in [-0.15, -0.1) is 0 Å². The maximum atomic E-state index is 14.8. The molecule has 0 saturated carbocycles. The molecule has 4 heterocycles. The zero-order valence-corrected chi connectivity index (χ0v) is 17.0. The van der Waals surface area contributed by atoms with E-state index in [4.69, 9.17) is 4.74 Å². The Bertz CT molecular complexity index is 1060. The molecule has 0 bridgehead atoms. The summed E-state index contributed by atoms with van der Waals surface area (Å²) in [6.45, 7) is 3.94. The van der Waals surface area contributed by atoms with E-state index in [1.807, 2.05) is 36.1 Å². The van der Waals surface area contributed by atoms with Gasteiger partial charge >= 0.3 is 0 Å². The predicted molar refractivity (Wildman–Crippen MR) is 111 cm³/mol. The van der Waals surface area contributed by atoms with Crippen LogP contribution in [0.4, 0.5) is 4.39 Å². The summed E-state index contributed by atoms with van der Waals surface area (Å²) in [5, 5.41) is 0. The van der Waals surface area contributed by atoms with Crippen LogP contribution in [0.15, 0.2) is 30.5 Å². The number of carbonyl (C=O) groups excluding carboxylic acids is 1. The number of benzene rings is 1. The number of imidazole rings is 1. The van der Waals surface area contributed by atoms with E-state index < -0.39 is 0 Å². The lowest BCUT2D eigenvalue weighted by Crippen LogP contribution is -2.38. The van der Waals surface area contributed by atoms with Crippen molar-refractivity contribution in [1.29, 1.82) is 0 Å². The number of halogens is 1. The minimum atomic E-state index is -0.312. The van der Waals surface area contributed by atoms with Gasteiger partial charge in [-0.1, -0.05) is 17.7 Å². The van der Waals surface area contributed by atoms with Crippen LogP contribution in [0.1, 0.15) is 65.0 Å². The highest BCUT2D eigenvalue weighted by Gasteiger charge is 2.30. The van der Waals surface area contributed by atoms with Gasteiger partial charge < -0.3 is 14.6 Å². The van der Waals surface area contributed by atoms with Crippen molar-refractivity contribution >= 4 is 17.1 Å². The highest BCUT2D eigenvalue weighted by molar-refractivity contribution is 5.94. The van der Waals surface area contributed by atoms with Gasteiger partial charge in [0, 0.05) is 30.8 Å². The van der Waals surface area contributed by atoms with Gasteiger partial charge in [0.15, 0.2) is 5.65 Å². The molecule has 0 radical (unpaired) electrons. The third kappa shape index (κ3) is 3.47. The number of hydrogen-bond donors (Lipinski definition) is 1. The topological polar surface area (TPSA) is 71.1 Å². The summed E-state index contributed by atoms with van der Waals surface area (Å²) in [6.07, 6.45) is 4.54. The average molecular weight is 408 g/mol. The second-order valence-corrected chi connectivity index (χ2v) is 8.27. The first kappa shape index (κ1) is 19.2. The quantitative estimate of drug-likeness (QED) is 0.702. The van der Waals surface area contributed by atoms with Crippen LogP contribution in [0, 0.1) is 12.7 Å². The zero-order valence-electron chi connectivity index (χ0n) is 17.0. The van der Waals surface area contributed by atoms with E-state index in [0.29, 0.717) is 48.2 Å². The van der Waals surface area contributed by atoms with E-state index in [1.165, 1.54) is 6.20 Å². The Morgan fingerprint density at radius 2 is 1.97 bits per heavy atom. The van der Waals surface area contributed by atoms with Crippen molar-refractivity contribution in [3.05, 3.63) is 58.8 Å². The summed E-state index contributed by atoms with van der Waals surface area (Å²) >= 11 is 0. The number of hydrogen-bond acceptors (Lipinski definition) is 4. The van der Waals surface area contributed by atoms with Crippen LogP contribution in [0.3, 0.4) is 0 Å². The number of ether oxygens (including phenoxy) is 1. The molecule has 2 fully saturated rings. The van der Waals surface area contributed by atoms with Crippen LogP contribution < -0.4 is 0 Å². The Morgan fingerprint density at radius 3 is 2.67 bits per heavy atom. The lowest BCUT2D eigenvalue weighted by molar-refractivity contribution is 0.0712. The highest BCUT2D eigenvalue weighted by atomic mass is 19.1. The van der Waals surface area contributed by atoms with Gasteiger partial charge in [0.25, 0.3) is 5.91 Å². The number of rotatable bonds is 3. The first-order valence-electron chi connectivity index (χ1n) is 10.6. The molecule has 0 spiro atoms. The summed E-state index contributed by atoms with van der Waals surface area (Å²) in [5.41, 5.74) is 3.67. The Kier molecular flexibility index (Phi) is 4.98. The van der Waals surface area contributed by atoms with Gasteiger partial charge in [-0.25, -0.2) is 14.4 Å². The number of nitrogens with one attached hydrogen (secondary N) is 1. The molecule has 1 N–H and O–H groups in total. The Hall–Kier alpha value is -2.80. The van der Waals surface area contributed by atoms with Crippen molar-refractivity contribution in [2.24, 2.45) is 0 Å². The second kappa shape index (κ2) is 7.80. The summed E-state index contributed by atoms with van der Waals surface area (Å²) in [7, 11) is 0. The van der Waals surface area contributed by atoms with Gasteiger partial charge in [-0.05, 0) is 50.7 Å². The first-order chi connectivity index (χ1) is 14.6. The SMILES string of the molecule is Cc1ccc(C(=O)N2CCC(c3c(F)cnc4nc(C5CCCO5)[nH]c34)CC2)cc1. The molecule has 156 valence electrons. The summed E-state index contributed by atoms with van der Waals surface area (Å²) in [4.78, 5) is 26.7. The highest BCUT2D eigenvalue weighted by Crippen LogP contribution is 2.35. The molecule has 1 unspecified atom stereocenters. The smallest absolute Gasteiger partial charge is 0.253 e. The number of H-pyrrole nitrogens is 1. The molecule has 5 rings (SSSR count). The number of aromatic amines is 1. The lowest BCUT2D eigenvalue weighted by atomic mass is 9.88. The molecule has 3 aromatic rings. The first-order valence-corrected chi connectivity index (χ1v) is 10.6. The molecule has 0 aliphatic carbocycles. The summed E-state index contributed by atoms with van der Waals surface area (Å²) in [6, 6.07) is 7.64. The summed E-state index contributed by atoms with van der Waals surface area (Å²) < 4.78 is 20.5. The van der Waals surface area contributed by atoms with Crippen LogP contribution in [-0.2, 0) is 4.74 Å². The minimum absolute atomic E-state index is 0.0235. The van der Waals surface area contributed by atoms with Crippen molar-refractivity contribution in [2.75, 3.05) is 19.7 Å². The molecular weight excluding hydrogens is 383 g/mol. The van der Waals surface area contributed by atoms with Crippen molar-refractivity contribution in [1.82, 2.24) is 19.9 Å². The minimum Gasteiger partial charge on any atom is -0.370 e. The van der Waals surface area contributed by atoms with Gasteiger partial charge in [-0.2, -0.15) is 0 Å². The number of nitrogens with zero attached hydrogens (tertiary/aromatic N) is 3. The number of pyridine rings is 1. The molecular formula is C23H25FN4O2. The number of amides is 1. The maximum Gasteiger partial charge on any atom is 0.253 e. The molecule has 1 atom stereocenters. The fourth-order valence-electron chi connectivity index (χ4n) is 4.56. The van der Waals surface area contributed by atoms with E-state index in [1.54, 1.807) is 0 Å². The average Bonchev–Trinajstić information content (AvgIpc) is 3.44. The zero-order chi connectivity index (χ0) is 20.7. The van der Waals surface area contributed by atoms with E-state index in [0.717, 1.165) is 30.8 Å². The Morgan fingerprint density at radius 1 is 1.20 bits per heavy atom. The predicted octanol–water partition coefficient (Wildman–Crippen LogP) is 4.28. The van der Waals surface area contributed by atoms with Crippen LogP contribution in [0.5, 0.6) is 0 Å². The molecule has 1 amide bonds. The molecule has 2 aliphatic rings. The molecule has 2 aromatic heterocycles. The maximum absolute atomic E-state index is 14.8. The van der Waals surface area contributed by atoms with E-state index in [9.17, 15) is 9.18 Å². The Balaban J connectivity index is 1.36. The van der Waals surface area contributed by atoms with Gasteiger partial charge in [0.1, 0.15) is 17.7 Å². The van der Waals surface area contributed by atoms with Crippen LogP contribution in [0.2, 0.25) is 0 Å². The van der Waals surface area contributed by atoms with Crippen LogP contribution in [-0.4, -0.2) is 45.5 Å². The number of carbonyl (C=O) groups is 1. The number of fused-ring (bicyclic) bond motifs is 1. The third-order valence-electron chi connectivity index (χ3n) is 6.25. The lowest BCUT2D eigenvalue weighted by Gasteiger charge is -2.32. The fraction of sp³-hybridized carbons (Fsp3) is 0.435. The largest absolute Gasteiger partial charge is 0.370 e. The Labute approximate surface area is 174 Å². The van der Waals surface area contributed by atoms with Crippen LogP contribution >= 0.6 is 0 Å². The van der Waals surface area contributed by atoms with Gasteiger partial charge in [-0.3, -0.25) is 4.79 Å². The number of likely N-dealkylation sites (tertiary alicyclic amines) is 1. The molecule has 2 saturated heterocycles. The molecule has 2 aliphatic heterocycles. The van der Waals surface area contributed by atoms with Crippen molar-refractivity contribution in [3.8, 4) is 0 Å². The third-order valence-corrected chi connectivity index (χ3v) is 6.25. The molecule has 6 nitrogen and oxygen atoms in total. The molecule has 30 heavy (non-hydrogen) atoms. The standard InChI is InChI=1S/C23H25FN4O2/c1-14-4-6-16(7-5-14)23(29)28-10-8-15(9-11-28)19-17(24)13-25-22-20(19)26-21(27-22)18-3-2-12-30-18/h4-7,13,15,18H,2-3,8-12H2,1H3,(H,25,26,27). The monoisotopic (exact) mass is 408 g/mol. The molecule has 7 heteroatoms. The second-order valence-electron chi connectivity index (χ2n) is 8.27. The number of aryl methyl sites for hydroxylation is 1. The molecule has 1 aromatic carbocycles. The van der Waals surface area contributed by atoms with E-state index >= 15 is 0 Å². The fourth-order valence-corrected chi connectivity index (χ4v) is 4.56. The van der Waals surface area contributed by atoms with Gasteiger partial charge in [0.2, 0.25) is 0 Å². The van der Waals surface area contributed by atoms with Crippen molar-refractivity contribution in [2.45, 2.75) is 44.6 Å². The number of piperidine rings is 1. The van der Waals surface area contributed by atoms with E-state index in [-0.39, 0.29) is 23.7 Å². The van der Waals surface area contributed by atoms with E-state index in [2.05, 4.69) is 15.0 Å².